The van der Waals surface area contributed by atoms with Crippen molar-refractivity contribution in [3.63, 3.8) is 0 Å². The van der Waals surface area contributed by atoms with Crippen molar-refractivity contribution >= 4 is 17.5 Å². The van der Waals surface area contributed by atoms with Crippen molar-refractivity contribution in [3.05, 3.63) is 59.9 Å². The van der Waals surface area contributed by atoms with E-state index in [1.54, 1.807) is 20.2 Å². The zero-order valence-electron chi connectivity index (χ0n) is 13.2. The highest BCUT2D eigenvalue weighted by atomic mass is 16.5. The molecule has 120 valence electrons. The summed E-state index contributed by atoms with van der Waals surface area (Å²) in [5, 5.41) is 2.71. The topological polar surface area (TPSA) is 71.5 Å². The van der Waals surface area contributed by atoms with Crippen LogP contribution in [0, 0.1) is 0 Å². The van der Waals surface area contributed by atoms with Gasteiger partial charge in [-0.05, 0) is 24.3 Å². The number of amides is 2. The monoisotopic (exact) mass is 313 g/mol. The van der Waals surface area contributed by atoms with Gasteiger partial charge in [0.15, 0.2) is 0 Å². The molecule has 0 bridgehead atoms. The number of benzene rings is 1. The van der Waals surface area contributed by atoms with Gasteiger partial charge in [-0.3, -0.25) is 14.6 Å². The Hall–Kier alpha value is -2.73. The number of carbonyl (C=O) groups excluding carboxylic acids is 2. The zero-order chi connectivity index (χ0) is 16.7. The Morgan fingerprint density at radius 2 is 1.96 bits per heavy atom. The van der Waals surface area contributed by atoms with Gasteiger partial charge in [-0.15, -0.1) is 0 Å². The lowest BCUT2D eigenvalue weighted by atomic mass is 10.2. The second-order valence-corrected chi connectivity index (χ2v) is 4.88. The summed E-state index contributed by atoms with van der Waals surface area (Å²) in [5.74, 6) is -0.538. The van der Waals surface area contributed by atoms with E-state index in [1.807, 2.05) is 30.3 Å². The first-order valence-electron chi connectivity index (χ1n) is 7.20. The highest BCUT2D eigenvalue weighted by Gasteiger charge is 2.16. The smallest absolute Gasteiger partial charge is 0.276 e. The molecule has 0 spiro atoms. The van der Waals surface area contributed by atoms with Crippen LogP contribution in [-0.2, 0) is 4.74 Å². The normalized spacial score (nSPS) is 10.2. The summed E-state index contributed by atoms with van der Waals surface area (Å²) in [4.78, 5) is 30.1. The molecule has 0 aliphatic heterocycles. The summed E-state index contributed by atoms with van der Waals surface area (Å²) in [6.07, 6.45) is 1.46. The minimum absolute atomic E-state index is 0.218. The van der Waals surface area contributed by atoms with Crippen molar-refractivity contribution in [3.8, 4) is 0 Å². The van der Waals surface area contributed by atoms with Crippen molar-refractivity contribution < 1.29 is 14.3 Å². The summed E-state index contributed by atoms with van der Waals surface area (Å²) in [6.45, 7) is 0.838. The SMILES string of the molecule is COCCNC(=O)c1ccnc(C(=O)N(C)c2ccccc2)c1. The van der Waals surface area contributed by atoms with Crippen molar-refractivity contribution in [2.75, 3.05) is 32.2 Å². The number of aromatic nitrogens is 1. The molecule has 1 aromatic carbocycles. The summed E-state index contributed by atoms with van der Waals surface area (Å²) < 4.78 is 4.88. The van der Waals surface area contributed by atoms with Crippen LogP contribution in [0.5, 0.6) is 0 Å². The predicted molar refractivity (Wildman–Crippen MR) is 87.6 cm³/mol. The van der Waals surface area contributed by atoms with E-state index in [4.69, 9.17) is 4.74 Å². The summed E-state index contributed by atoms with van der Waals surface area (Å²) in [6, 6.07) is 12.3. The van der Waals surface area contributed by atoms with Crippen LogP contribution in [0.15, 0.2) is 48.7 Å². The zero-order valence-corrected chi connectivity index (χ0v) is 13.2. The van der Waals surface area contributed by atoms with E-state index in [0.717, 1.165) is 5.69 Å². The molecule has 6 nitrogen and oxygen atoms in total. The van der Waals surface area contributed by atoms with Gasteiger partial charge >= 0.3 is 0 Å². The number of pyridine rings is 1. The first-order chi connectivity index (χ1) is 11.1. The number of nitrogens with one attached hydrogen (secondary N) is 1. The number of hydrogen-bond donors (Lipinski definition) is 1. The molecule has 0 aliphatic carbocycles. The van der Waals surface area contributed by atoms with Gasteiger partial charge in [-0.1, -0.05) is 18.2 Å². The van der Waals surface area contributed by atoms with Crippen LogP contribution in [0.2, 0.25) is 0 Å². The third kappa shape index (κ3) is 4.37. The Balaban J connectivity index is 2.12. The Labute approximate surface area is 135 Å². The fraction of sp³-hybridized carbons (Fsp3) is 0.235. The Bertz CT molecular complexity index is 674. The number of hydrogen-bond acceptors (Lipinski definition) is 4. The van der Waals surface area contributed by atoms with Gasteiger partial charge in [0.2, 0.25) is 0 Å². The fourth-order valence-electron chi connectivity index (χ4n) is 2.00. The van der Waals surface area contributed by atoms with E-state index in [9.17, 15) is 9.59 Å². The summed E-state index contributed by atoms with van der Waals surface area (Å²) >= 11 is 0. The maximum Gasteiger partial charge on any atom is 0.276 e. The van der Waals surface area contributed by atoms with Gasteiger partial charge < -0.3 is 15.0 Å². The van der Waals surface area contributed by atoms with Gasteiger partial charge in [0.1, 0.15) is 5.69 Å². The maximum absolute atomic E-state index is 12.5. The number of para-hydroxylation sites is 1. The molecular weight excluding hydrogens is 294 g/mol. The molecule has 6 heteroatoms. The van der Waals surface area contributed by atoms with E-state index in [1.165, 1.54) is 17.2 Å². The molecule has 0 radical (unpaired) electrons. The van der Waals surface area contributed by atoms with E-state index < -0.39 is 0 Å². The second-order valence-electron chi connectivity index (χ2n) is 4.88. The van der Waals surface area contributed by atoms with E-state index >= 15 is 0 Å². The summed E-state index contributed by atoms with van der Waals surface area (Å²) in [7, 11) is 3.24. The third-order valence-corrected chi connectivity index (χ3v) is 3.28. The molecule has 2 amide bonds. The molecule has 1 N–H and O–H groups in total. The minimum atomic E-state index is -0.275. The number of ether oxygens (including phenoxy) is 1. The average molecular weight is 313 g/mol. The van der Waals surface area contributed by atoms with Crippen molar-refractivity contribution in [1.82, 2.24) is 10.3 Å². The van der Waals surface area contributed by atoms with Crippen LogP contribution < -0.4 is 10.2 Å². The number of anilines is 1. The fourth-order valence-corrected chi connectivity index (χ4v) is 2.00. The van der Waals surface area contributed by atoms with E-state index in [-0.39, 0.29) is 17.5 Å². The molecule has 0 saturated heterocycles. The van der Waals surface area contributed by atoms with Crippen molar-refractivity contribution in [2.45, 2.75) is 0 Å². The molecule has 0 unspecified atom stereocenters. The van der Waals surface area contributed by atoms with Crippen LogP contribution in [0.3, 0.4) is 0 Å². The third-order valence-electron chi connectivity index (χ3n) is 3.28. The Kier molecular flexibility index (Phi) is 5.82. The quantitative estimate of drug-likeness (QED) is 0.825. The number of nitrogens with zero attached hydrogens (tertiary/aromatic N) is 2. The van der Waals surface area contributed by atoms with Gasteiger partial charge in [0.25, 0.3) is 11.8 Å². The largest absolute Gasteiger partial charge is 0.383 e. The van der Waals surface area contributed by atoms with Crippen LogP contribution in [0.4, 0.5) is 5.69 Å². The van der Waals surface area contributed by atoms with E-state index in [0.29, 0.717) is 18.7 Å². The Morgan fingerprint density at radius 1 is 1.22 bits per heavy atom. The average Bonchev–Trinajstić information content (AvgIpc) is 2.61. The van der Waals surface area contributed by atoms with E-state index in [2.05, 4.69) is 10.3 Å². The molecule has 2 rings (SSSR count). The number of methoxy groups -OCH3 is 1. The molecule has 0 atom stereocenters. The van der Waals surface area contributed by atoms with Crippen molar-refractivity contribution in [1.29, 1.82) is 0 Å². The molecule has 2 aromatic rings. The lowest BCUT2D eigenvalue weighted by Crippen LogP contribution is -2.29. The molecule has 0 aliphatic rings. The standard InChI is InChI=1S/C17H19N3O3/c1-20(14-6-4-3-5-7-14)17(22)15-12-13(8-9-18-15)16(21)19-10-11-23-2/h3-9,12H,10-11H2,1-2H3,(H,19,21). The predicted octanol–water partition coefficient (Wildman–Crippen LogP) is 1.73. The van der Waals surface area contributed by atoms with Gasteiger partial charge in [-0.2, -0.15) is 0 Å². The number of carbonyl (C=O) groups is 2. The van der Waals surface area contributed by atoms with Crippen LogP contribution >= 0.6 is 0 Å². The summed E-state index contributed by atoms with van der Waals surface area (Å²) in [5.41, 5.74) is 1.37. The Morgan fingerprint density at radius 3 is 2.65 bits per heavy atom. The van der Waals surface area contributed by atoms with Gasteiger partial charge in [-0.25, -0.2) is 0 Å². The number of rotatable bonds is 6. The molecule has 1 aromatic heterocycles. The molecular formula is C17H19N3O3. The van der Waals surface area contributed by atoms with Crippen LogP contribution in [0.25, 0.3) is 0 Å². The maximum atomic E-state index is 12.5. The molecule has 0 fully saturated rings. The van der Waals surface area contributed by atoms with Crippen LogP contribution in [-0.4, -0.2) is 44.1 Å². The first kappa shape index (κ1) is 16.6. The van der Waals surface area contributed by atoms with Crippen molar-refractivity contribution in [2.24, 2.45) is 0 Å². The highest BCUT2D eigenvalue weighted by Crippen LogP contribution is 2.14. The molecule has 0 saturated carbocycles. The lowest BCUT2D eigenvalue weighted by Gasteiger charge is -2.17. The lowest BCUT2D eigenvalue weighted by molar-refractivity contribution is 0.0937. The first-order valence-corrected chi connectivity index (χ1v) is 7.20. The molecule has 23 heavy (non-hydrogen) atoms. The highest BCUT2D eigenvalue weighted by molar-refractivity contribution is 6.06. The minimum Gasteiger partial charge on any atom is -0.383 e. The second kappa shape index (κ2) is 8.05. The molecule has 1 heterocycles. The van der Waals surface area contributed by atoms with Crippen LogP contribution in [0.1, 0.15) is 20.8 Å². The van der Waals surface area contributed by atoms with Gasteiger partial charge in [0.05, 0.1) is 6.61 Å². The van der Waals surface area contributed by atoms with Gasteiger partial charge in [0, 0.05) is 38.1 Å².